The van der Waals surface area contributed by atoms with Crippen LogP contribution in [0.2, 0.25) is 0 Å². The van der Waals surface area contributed by atoms with Crippen molar-refractivity contribution in [2.24, 2.45) is 5.92 Å². The summed E-state index contributed by atoms with van der Waals surface area (Å²) >= 11 is 0. The standard InChI is InChI=1S/C21H29F3N4O/c22-21(23,24)17-13-18(26-15-25-17)27-11-4-8-20(10-12-27)9-7-19(29)28(20)14-16-5-2-1-3-6-16/h13,15-16H,1-12,14H2/t20-/m0/s1. The van der Waals surface area contributed by atoms with Crippen LogP contribution in [-0.4, -0.2) is 45.9 Å². The zero-order valence-corrected chi connectivity index (χ0v) is 16.8. The largest absolute Gasteiger partial charge is 0.433 e. The summed E-state index contributed by atoms with van der Waals surface area (Å²) in [6.07, 6.45) is 6.74. The van der Waals surface area contributed by atoms with Crippen molar-refractivity contribution in [3.05, 3.63) is 18.1 Å². The second kappa shape index (κ2) is 8.11. The van der Waals surface area contributed by atoms with E-state index in [1.54, 1.807) is 0 Å². The van der Waals surface area contributed by atoms with Crippen molar-refractivity contribution in [1.82, 2.24) is 14.9 Å². The lowest BCUT2D eigenvalue weighted by atomic mass is 9.84. The number of hydrogen-bond acceptors (Lipinski definition) is 4. The molecule has 1 saturated carbocycles. The Morgan fingerprint density at radius 3 is 2.59 bits per heavy atom. The molecular formula is C21H29F3N4O. The molecule has 0 radical (unpaired) electrons. The lowest BCUT2D eigenvalue weighted by Crippen LogP contribution is -2.48. The molecule has 2 aliphatic heterocycles. The van der Waals surface area contributed by atoms with Crippen LogP contribution in [0.15, 0.2) is 12.4 Å². The monoisotopic (exact) mass is 410 g/mol. The molecule has 0 aromatic carbocycles. The molecule has 1 atom stereocenters. The number of halogens is 3. The van der Waals surface area contributed by atoms with E-state index in [0.29, 0.717) is 31.2 Å². The van der Waals surface area contributed by atoms with Crippen LogP contribution in [0.25, 0.3) is 0 Å². The zero-order valence-electron chi connectivity index (χ0n) is 16.8. The third-order valence-corrected chi connectivity index (χ3v) is 7.03. The molecule has 1 amide bonds. The Bertz CT molecular complexity index is 735. The summed E-state index contributed by atoms with van der Waals surface area (Å²) in [5.74, 6) is 1.18. The number of carbonyl (C=O) groups is 1. The van der Waals surface area contributed by atoms with E-state index >= 15 is 0 Å². The Balaban J connectivity index is 1.48. The lowest BCUT2D eigenvalue weighted by molar-refractivity contribution is -0.141. The molecule has 3 fully saturated rings. The Morgan fingerprint density at radius 1 is 1.03 bits per heavy atom. The first-order valence-corrected chi connectivity index (χ1v) is 10.8. The maximum atomic E-state index is 13.0. The first-order valence-electron chi connectivity index (χ1n) is 10.8. The molecule has 0 unspecified atom stereocenters. The van der Waals surface area contributed by atoms with Gasteiger partial charge in [-0.05, 0) is 44.4 Å². The molecule has 5 nitrogen and oxygen atoms in total. The van der Waals surface area contributed by atoms with E-state index < -0.39 is 11.9 Å². The summed E-state index contributed by atoms with van der Waals surface area (Å²) in [5.41, 5.74) is -1.04. The summed E-state index contributed by atoms with van der Waals surface area (Å²) in [4.78, 5) is 24.2. The van der Waals surface area contributed by atoms with Gasteiger partial charge in [0.25, 0.3) is 0 Å². The highest BCUT2D eigenvalue weighted by Crippen LogP contribution is 2.41. The van der Waals surface area contributed by atoms with Crippen molar-refractivity contribution < 1.29 is 18.0 Å². The number of nitrogens with zero attached hydrogens (tertiary/aromatic N) is 4. The van der Waals surface area contributed by atoms with E-state index in [4.69, 9.17) is 0 Å². The highest BCUT2D eigenvalue weighted by molar-refractivity contribution is 5.79. The van der Waals surface area contributed by atoms with E-state index in [1.807, 2.05) is 4.90 Å². The number of likely N-dealkylation sites (tertiary alicyclic amines) is 1. The maximum Gasteiger partial charge on any atom is 0.433 e. The van der Waals surface area contributed by atoms with Gasteiger partial charge in [-0.1, -0.05) is 19.3 Å². The minimum absolute atomic E-state index is 0.136. The molecule has 160 valence electrons. The van der Waals surface area contributed by atoms with Crippen molar-refractivity contribution in [1.29, 1.82) is 0 Å². The maximum absolute atomic E-state index is 13.0. The summed E-state index contributed by atoms with van der Waals surface area (Å²) in [6.45, 7) is 2.12. The van der Waals surface area contributed by atoms with E-state index in [2.05, 4.69) is 14.9 Å². The van der Waals surface area contributed by atoms with E-state index in [9.17, 15) is 18.0 Å². The smallest absolute Gasteiger partial charge is 0.356 e. The molecule has 0 bridgehead atoms. The van der Waals surface area contributed by atoms with Crippen LogP contribution in [-0.2, 0) is 11.0 Å². The average molecular weight is 410 g/mol. The molecule has 1 aliphatic carbocycles. The normalized spacial score (nSPS) is 26.9. The molecule has 1 aromatic heterocycles. The van der Waals surface area contributed by atoms with Gasteiger partial charge in [0.05, 0.1) is 0 Å². The highest BCUT2D eigenvalue weighted by atomic mass is 19.4. The highest BCUT2D eigenvalue weighted by Gasteiger charge is 2.46. The molecular weight excluding hydrogens is 381 g/mol. The number of aromatic nitrogens is 2. The molecule has 2 saturated heterocycles. The van der Waals surface area contributed by atoms with Gasteiger partial charge in [-0.2, -0.15) is 13.2 Å². The van der Waals surface area contributed by atoms with Crippen molar-refractivity contribution >= 4 is 11.7 Å². The second-order valence-corrected chi connectivity index (χ2v) is 8.83. The van der Waals surface area contributed by atoms with Gasteiger partial charge in [0, 0.05) is 37.7 Å². The number of amides is 1. The summed E-state index contributed by atoms with van der Waals surface area (Å²) in [6, 6.07) is 1.04. The van der Waals surface area contributed by atoms with Gasteiger partial charge in [0.2, 0.25) is 5.91 Å². The third-order valence-electron chi connectivity index (χ3n) is 7.03. The average Bonchev–Trinajstić information content (AvgIpc) is 2.89. The topological polar surface area (TPSA) is 49.3 Å². The summed E-state index contributed by atoms with van der Waals surface area (Å²) in [5, 5.41) is 0. The third kappa shape index (κ3) is 4.36. The molecule has 1 spiro atoms. The van der Waals surface area contributed by atoms with Crippen LogP contribution in [0.1, 0.15) is 69.9 Å². The van der Waals surface area contributed by atoms with Crippen molar-refractivity contribution in [2.45, 2.75) is 75.9 Å². The van der Waals surface area contributed by atoms with Crippen LogP contribution in [0.4, 0.5) is 19.0 Å². The number of hydrogen-bond donors (Lipinski definition) is 0. The number of rotatable bonds is 3. The predicted molar refractivity (Wildman–Crippen MR) is 103 cm³/mol. The van der Waals surface area contributed by atoms with Crippen LogP contribution >= 0.6 is 0 Å². The zero-order chi connectivity index (χ0) is 20.5. The van der Waals surface area contributed by atoms with Crippen LogP contribution in [0, 0.1) is 5.92 Å². The number of carbonyl (C=O) groups excluding carboxylic acids is 1. The quantitative estimate of drug-likeness (QED) is 0.740. The molecule has 1 aromatic rings. The lowest BCUT2D eigenvalue weighted by Gasteiger charge is -2.41. The van der Waals surface area contributed by atoms with Crippen LogP contribution in [0.5, 0.6) is 0 Å². The van der Waals surface area contributed by atoms with Gasteiger partial charge in [-0.15, -0.1) is 0 Å². The van der Waals surface area contributed by atoms with Crippen molar-refractivity contribution in [2.75, 3.05) is 24.5 Å². The van der Waals surface area contributed by atoms with Gasteiger partial charge >= 0.3 is 6.18 Å². The predicted octanol–water partition coefficient (Wildman–Crippen LogP) is 4.43. The second-order valence-electron chi connectivity index (χ2n) is 8.83. The van der Waals surface area contributed by atoms with Crippen LogP contribution in [0.3, 0.4) is 0 Å². The molecule has 8 heteroatoms. The minimum Gasteiger partial charge on any atom is -0.356 e. The van der Waals surface area contributed by atoms with Gasteiger partial charge < -0.3 is 9.80 Å². The first kappa shape index (κ1) is 20.4. The number of alkyl halides is 3. The summed E-state index contributed by atoms with van der Waals surface area (Å²) < 4.78 is 39.1. The van der Waals surface area contributed by atoms with Gasteiger partial charge in [-0.25, -0.2) is 9.97 Å². The van der Waals surface area contributed by atoms with E-state index in [-0.39, 0.29) is 11.4 Å². The van der Waals surface area contributed by atoms with Crippen LogP contribution < -0.4 is 4.90 Å². The van der Waals surface area contributed by atoms with Gasteiger partial charge in [0.1, 0.15) is 17.8 Å². The number of anilines is 1. The fraction of sp³-hybridized carbons (Fsp3) is 0.762. The molecule has 3 aliphatic rings. The Kier molecular flexibility index (Phi) is 5.71. The van der Waals surface area contributed by atoms with E-state index in [0.717, 1.165) is 44.6 Å². The molecule has 0 N–H and O–H groups in total. The Labute approximate surface area is 169 Å². The Hall–Kier alpha value is -1.86. The molecule has 3 heterocycles. The van der Waals surface area contributed by atoms with E-state index in [1.165, 1.54) is 32.1 Å². The first-order chi connectivity index (χ1) is 13.9. The fourth-order valence-corrected chi connectivity index (χ4v) is 5.40. The van der Waals surface area contributed by atoms with Crippen molar-refractivity contribution in [3.8, 4) is 0 Å². The van der Waals surface area contributed by atoms with Gasteiger partial charge in [0.15, 0.2) is 0 Å². The van der Waals surface area contributed by atoms with Crippen molar-refractivity contribution in [3.63, 3.8) is 0 Å². The Morgan fingerprint density at radius 2 is 1.83 bits per heavy atom. The molecule has 29 heavy (non-hydrogen) atoms. The fourth-order valence-electron chi connectivity index (χ4n) is 5.40. The SMILES string of the molecule is O=C1CC[C@]2(CCCN(c3cc(C(F)(F)F)ncn3)CC2)N1CC1CCCCC1. The minimum atomic E-state index is -4.47. The molecule has 4 rings (SSSR count). The van der Waals surface area contributed by atoms with Gasteiger partial charge in [-0.3, -0.25) is 4.79 Å². The summed E-state index contributed by atoms with van der Waals surface area (Å²) in [7, 11) is 0.